The summed E-state index contributed by atoms with van der Waals surface area (Å²) in [5.41, 5.74) is 3.51. The summed E-state index contributed by atoms with van der Waals surface area (Å²) in [4.78, 5) is 13.5. The van der Waals surface area contributed by atoms with E-state index in [1.54, 1.807) is 35.1 Å². The topological polar surface area (TPSA) is 51.8 Å². The van der Waals surface area contributed by atoms with Gasteiger partial charge >= 0.3 is 0 Å². The van der Waals surface area contributed by atoms with Crippen LogP contribution in [0.4, 0.5) is 0 Å². The van der Waals surface area contributed by atoms with Crippen molar-refractivity contribution in [2.24, 2.45) is 0 Å². The van der Waals surface area contributed by atoms with Crippen molar-refractivity contribution in [1.82, 2.24) is 15.0 Å². The molecule has 120 valence electrons. The molecule has 4 aromatic heterocycles. The number of hydrogen-bond donors (Lipinski definition) is 0. The number of thiazole rings is 2. The Bertz CT molecular complexity index is 1060. The molecule has 0 saturated heterocycles. The molecule has 6 heteroatoms. The lowest BCUT2D eigenvalue weighted by atomic mass is 10.1. The molecule has 0 bridgehead atoms. The highest BCUT2D eigenvalue weighted by Crippen LogP contribution is 2.34. The van der Waals surface area contributed by atoms with Crippen LogP contribution in [0, 0.1) is 0 Å². The summed E-state index contributed by atoms with van der Waals surface area (Å²) < 4.78 is 6.04. The number of nitrogens with zero attached hydrogens (tertiary/aromatic N) is 3. The van der Waals surface area contributed by atoms with E-state index < -0.39 is 0 Å². The number of pyridine rings is 1. The maximum absolute atomic E-state index is 6.04. The largest absolute Gasteiger partial charge is 0.456 e. The molecule has 0 aliphatic carbocycles. The maximum atomic E-state index is 6.04. The van der Waals surface area contributed by atoms with Gasteiger partial charge in [0.15, 0.2) is 0 Å². The number of aromatic nitrogens is 3. The minimum Gasteiger partial charge on any atom is -0.456 e. The molecule has 0 saturated carbocycles. The van der Waals surface area contributed by atoms with Crippen molar-refractivity contribution in [1.29, 1.82) is 0 Å². The second-order valence-electron chi connectivity index (χ2n) is 5.45. The number of furan rings is 1. The fraction of sp³-hybridized carbons (Fsp3) is 0. The van der Waals surface area contributed by atoms with E-state index >= 15 is 0 Å². The molecule has 0 fully saturated rings. The van der Waals surface area contributed by atoms with Crippen LogP contribution in [0.2, 0.25) is 0 Å². The summed E-state index contributed by atoms with van der Waals surface area (Å²) in [5, 5.41) is 6.76. The summed E-state index contributed by atoms with van der Waals surface area (Å²) in [6.45, 7) is 0. The molecular weight excluding hydrogens is 350 g/mol. The van der Waals surface area contributed by atoms with Gasteiger partial charge in [0.2, 0.25) is 0 Å². The zero-order valence-electron chi connectivity index (χ0n) is 12.9. The lowest BCUT2D eigenvalue weighted by molar-refractivity contribution is 0.631. The molecule has 4 nitrogen and oxygen atoms in total. The molecule has 5 aromatic rings. The van der Waals surface area contributed by atoms with E-state index in [0.717, 1.165) is 43.7 Å². The Balaban J connectivity index is 1.72. The normalized spacial score (nSPS) is 11.2. The lowest BCUT2D eigenvalue weighted by Gasteiger charge is -2.04. The molecule has 5 rings (SSSR count). The van der Waals surface area contributed by atoms with Crippen molar-refractivity contribution in [3.8, 4) is 32.7 Å². The van der Waals surface area contributed by atoms with Gasteiger partial charge in [-0.2, -0.15) is 0 Å². The van der Waals surface area contributed by atoms with Crippen molar-refractivity contribution in [2.45, 2.75) is 0 Å². The molecule has 1 aromatic carbocycles. The molecule has 0 aliphatic rings. The highest BCUT2D eigenvalue weighted by atomic mass is 32.1. The summed E-state index contributed by atoms with van der Waals surface area (Å²) in [7, 11) is 0. The number of hydrogen-bond acceptors (Lipinski definition) is 6. The van der Waals surface area contributed by atoms with Crippen LogP contribution in [0.5, 0.6) is 0 Å². The van der Waals surface area contributed by atoms with Crippen LogP contribution >= 0.6 is 22.7 Å². The Labute approximate surface area is 151 Å². The van der Waals surface area contributed by atoms with Crippen molar-refractivity contribution < 1.29 is 4.42 Å². The van der Waals surface area contributed by atoms with Crippen LogP contribution in [-0.4, -0.2) is 15.0 Å². The van der Waals surface area contributed by atoms with E-state index in [1.807, 2.05) is 47.2 Å². The van der Waals surface area contributed by atoms with Gasteiger partial charge in [0.25, 0.3) is 0 Å². The zero-order chi connectivity index (χ0) is 16.6. The second kappa shape index (κ2) is 5.91. The molecule has 25 heavy (non-hydrogen) atoms. The minimum absolute atomic E-state index is 0.819. The Hall–Kier alpha value is -2.83. The molecule has 0 aliphatic heterocycles. The first-order chi connectivity index (χ1) is 12.4. The highest BCUT2D eigenvalue weighted by Gasteiger charge is 2.14. The SMILES string of the molecule is c1ccc2oc(-c3cc(-c4nccs4)nc(-c4nccs4)c3)cc2c1. The molecule has 0 unspecified atom stereocenters. The second-order valence-corrected chi connectivity index (χ2v) is 7.24. The summed E-state index contributed by atoms with van der Waals surface area (Å²) in [6.07, 6.45) is 3.58. The first-order valence-electron chi connectivity index (χ1n) is 7.67. The number of para-hydroxylation sites is 1. The predicted molar refractivity (Wildman–Crippen MR) is 102 cm³/mol. The fourth-order valence-corrected chi connectivity index (χ4v) is 3.91. The molecule has 0 atom stereocenters. The maximum Gasteiger partial charge on any atom is 0.141 e. The molecule has 4 heterocycles. The monoisotopic (exact) mass is 361 g/mol. The zero-order valence-corrected chi connectivity index (χ0v) is 14.6. The Kier molecular flexibility index (Phi) is 3.43. The standard InChI is InChI=1S/C19H11N3OS2/c1-2-4-16-12(3-1)11-17(23-16)13-9-14(18-20-5-7-24-18)22-15(10-13)19-21-6-8-25-19/h1-11H. The van der Waals surface area contributed by atoms with Gasteiger partial charge in [0.05, 0.1) is 0 Å². The van der Waals surface area contributed by atoms with Gasteiger partial charge in [-0.3, -0.25) is 0 Å². The van der Waals surface area contributed by atoms with Gasteiger partial charge in [-0.25, -0.2) is 15.0 Å². The van der Waals surface area contributed by atoms with E-state index in [9.17, 15) is 0 Å². The van der Waals surface area contributed by atoms with Gasteiger partial charge in [-0.05, 0) is 24.3 Å². The van der Waals surface area contributed by atoms with Crippen molar-refractivity contribution in [3.63, 3.8) is 0 Å². The van der Waals surface area contributed by atoms with Crippen LogP contribution in [0.25, 0.3) is 43.7 Å². The van der Waals surface area contributed by atoms with Gasteiger partial charge < -0.3 is 4.42 Å². The number of fused-ring (bicyclic) bond motifs is 1. The summed E-state index contributed by atoms with van der Waals surface area (Å²) >= 11 is 3.14. The summed E-state index contributed by atoms with van der Waals surface area (Å²) in [6, 6.07) is 14.1. The van der Waals surface area contributed by atoms with Gasteiger partial charge in [0, 0.05) is 34.1 Å². The average molecular weight is 361 g/mol. The third kappa shape index (κ3) is 2.65. The third-order valence-corrected chi connectivity index (χ3v) is 5.43. The van der Waals surface area contributed by atoms with Crippen LogP contribution in [0.3, 0.4) is 0 Å². The minimum atomic E-state index is 0.819. The third-order valence-electron chi connectivity index (χ3n) is 3.84. The first kappa shape index (κ1) is 14.5. The van der Waals surface area contributed by atoms with Crippen LogP contribution in [0.1, 0.15) is 0 Å². The Morgan fingerprint density at radius 3 is 2.08 bits per heavy atom. The van der Waals surface area contributed by atoms with E-state index in [4.69, 9.17) is 9.40 Å². The van der Waals surface area contributed by atoms with Crippen LogP contribution < -0.4 is 0 Å². The molecule has 0 radical (unpaired) electrons. The smallest absolute Gasteiger partial charge is 0.141 e. The number of benzene rings is 1. The Morgan fingerprint density at radius 2 is 1.48 bits per heavy atom. The van der Waals surface area contributed by atoms with Crippen LogP contribution in [-0.2, 0) is 0 Å². The van der Waals surface area contributed by atoms with Crippen molar-refractivity contribution in [3.05, 3.63) is 65.6 Å². The van der Waals surface area contributed by atoms with Crippen molar-refractivity contribution in [2.75, 3.05) is 0 Å². The van der Waals surface area contributed by atoms with Crippen LogP contribution in [0.15, 0.2) is 70.0 Å². The number of rotatable bonds is 3. The lowest BCUT2D eigenvalue weighted by Crippen LogP contribution is -1.89. The predicted octanol–water partition coefficient (Wildman–Crippen LogP) is 5.74. The van der Waals surface area contributed by atoms with Gasteiger partial charge in [-0.15, -0.1) is 22.7 Å². The molecule has 0 N–H and O–H groups in total. The van der Waals surface area contributed by atoms with E-state index in [-0.39, 0.29) is 0 Å². The Morgan fingerprint density at radius 1 is 0.800 bits per heavy atom. The van der Waals surface area contributed by atoms with E-state index in [1.165, 1.54) is 0 Å². The average Bonchev–Trinajstić information content (AvgIpc) is 3.42. The quantitative estimate of drug-likeness (QED) is 0.411. The fourth-order valence-electron chi connectivity index (χ4n) is 2.72. The van der Waals surface area contributed by atoms with E-state index in [2.05, 4.69) is 16.0 Å². The molecular formula is C19H11N3OS2. The first-order valence-corrected chi connectivity index (χ1v) is 9.43. The summed E-state index contributed by atoms with van der Waals surface area (Å²) in [5.74, 6) is 0.819. The highest BCUT2D eigenvalue weighted by molar-refractivity contribution is 7.13. The van der Waals surface area contributed by atoms with E-state index in [0.29, 0.717) is 0 Å². The van der Waals surface area contributed by atoms with Gasteiger partial charge in [0.1, 0.15) is 32.7 Å². The molecule has 0 amide bonds. The van der Waals surface area contributed by atoms with Gasteiger partial charge in [-0.1, -0.05) is 18.2 Å². The molecule has 0 spiro atoms. The van der Waals surface area contributed by atoms with Crippen molar-refractivity contribution >= 4 is 33.6 Å².